The van der Waals surface area contributed by atoms with Crippen LogP contribution in [0.4, 0.5) is 5.69 Å². The highest BCUT2D eigenvalue weighted by molar-refractivity contribution is 6.35. The van der Waals surface area contributed by atoms with E-state index >= 15 is 0 Å². The lowest BCUT2D eigenvalue weighted by Gasteiger charge is -2.22. The van der Waals surface area contributed by atoms with Gasteiger partial charge in [-0.1, -0.05) is 29.3 Å². The van der Waals surface area contributed by atoms with Crippen molar-refractivity contribution < 1.29 is 14.3 Å². The van der Waals surface area contributed by atoms with E-state index in [9.17, 15) is 4.79 Å². The minimum absolute atomic E-state index is 0.150. The maximum atomic E-state index is 12.6. The first-order chi connectivity index (χ1) is 12.8. The summed E-state index contributed by atoms with van der Waals surface area (Å²) in [6.07, 6.45) is 0. The van der Waals surface area contributed by atoms with Crippen molar-refractivity contribution in [2.45, 2.75) is 32.9 Å². The van der Waals surface area contributed by atoms with Crippen molar-refractivity contribution in [2.24, 2.45) is 0 Å². The molecule has 0 bridgehead atoms. The number of ether oxygens (including phenoxy) is 2. The molecular weight excluding hydrogens is 387 g/mol. The van der Waals surface area contributed by atoms with Crippen molar-refractivity contribution in [1.82, 2.24) is 5.32 Å². The average Bonchev–Trinajstić information content (AvgIpc) is 2.62. The molecule has 146 valence electrons. The normalized spacial score (nSPS) is 12.9. The summed E-state index contributed by atoms with van der Waals surface area (Å²) in [6.45, 7) is 5.61. The summed E-state index contributed by atoms with van der Waals surface area (Å²) in [5, 5.41) is 7.25. The van der Waals surface area contributed by atoms with Gasteiger partial charge in [-0.15, -0.1) is 0 Å². The molecule has 0 aliphatic heterocycles. The molecule has 0 saturated heterocycles. The zero-order chi connectivity index (χ0) is 20.1. The number of aryl methyl sites for hydroxylation is 1. The number of anilines is 1. The molecule has 0 unspecified atom stereocenters. The van der Waals surface area contributed by atoms with Gasteiger partial charge in [0.1, 0.15) is 6.04 Å². The minimum atomic E-state index is -0.463. The molecule has 2 aromatic rings. The molecule has 0 heterocycles. The molecule has 2 atom stereocenters. The molecule has 7 heteroatoms. The number of halogens is 2. The maximum Gasteiger partial charge on any atom is 0.242 e. The van der Waals surface area contributed by atoms with Gasteiger partial charge >= 0.3 is 0 Å². The monoisotopic (exact) mass is 410 g/mol. The van der Waals surface area contributed by atoms with Gasteiger partial charge in [0.2, 0.25) is 5.91 Å². The second-order valence-corrected chi connectivity index (χ2v) is 7.13. The summed E-state index contributed by atoms with van der Waals surface area (Å²) in [5.74, 6) is 1.09. The predicted octanol–water partition coefficient (Wildman–Crippen LogP) is 5.00. The largest absolute Gasteiger partial charge is 0.493 e. The molecule has 2 rings (SSSR count). The van der Waals surface area contributed by atoms with E-state index < -0.39 is 6.04 Å². The minimum Gasteiger partial charge on any atom is -0.493 e. The van der Waals surface area contributed by atoms with E-state index in [0.717, 1.165) is 16.8 Å². The quantitative estimate of drug-likeness (QED) is 0.674. The third-order valence-corrected chi connectivity index (χ3v) is 4.85. The number of rotatable bonds is 7. The van der Waals surface area contributed by atoms with Crippen LogP contribution in [0, 0.1) is 6.92 Å². The molecule has 27 heavy (non-hydrogen) atoms. The van der Waals surface area contributed by atoms with Gasteiger partial charge in [-0.05, 0) is 50.1 Å². The van der Waals surface area contributed by atoms with Crippen molar-refractivity contribution in [3.8, 4) is 11.5 Å². The number of nitrogens with one attached hydrogen (secondary N) is 2. The molecule has 0 saturated carbocycles. The number of amides is 1. The van der Waals surface area contributed by atoms with Crippen LogP contribution in [-0.2, 0) is 4.79 Å². The van der Waals surface area contributed by atoms with E-state index in [2.05, 4.69) is 10.6 Å². The third-order valence-electron chi connectivity index (χ3n) is 4.28. The standard InChI is InChI=1S/C20H24Cl2N2O3/c1-11-8-18(26-4)19(27-5)10-17(11)23-13(3)20(25)24-12(2)15-7-6-14(21)9-16(15)22/h6-10,12-13,23H,1-5H3,(H,24,25)/t12-,13-/m1/s1. The van der Waals surface area contributed by atoms with Gasteiger partial charge in [0.25, 0.3) is 0 Å². The van der Waals surface area contributed by atoms with Crippen molar-refractivity contribution in [3.05, 3.63) is 51.5 Å². The topological polar surface area (TPSA) is 59.6 Å². The number of methoxy groups -OCH3 is 2. The highest BCUT2D eigenvalue weighted by Crippen LogP contribution is 2.33. The zero-order valence-corrected chi connectivity index (χ0v) is 17.5. The van der Waals surface area contributed by atoms with Gasteiger partial charge in [-0.2, -0.15) is 0 Å². The molecule has 5 nitrogen and oxygen atoms in total. The van der Waals surface area contributed by atoms with Gasteiger partial charge < -0.3 is 20.1 Å². The van der Waals surface area contributed by atoms with E-state index in [1.165, 1.54) is 0 Å². The van der Waals surface area contributed by atoms with Gasteiger partial charge in [-0.3, -0.25) is 4.79 Å². The Bertz CT molecular complexity index is 827. The van der Waals surface area contributed by atoms with Gasteiger partial charge in [-0.25, -0.2) is 0 Å². The van der Waals surface area contributed by atoms with Crippen LogP contribution in [0.25, 0.3) is 0 Å². The Kier molecular flexibility index (Phi) is 7.22. The summed E-state index contributed by atoms with van der Waals surface area (Å²) in [7, 11) is 3.16. The summed E-state index contributed by atoms with van der Waals surface area (Å²) in [6, 6.07) is 8.19. The highest BCUT2D eigenvalue weighted by Gasteiger charge is 2.19. The van der Waals surface area contributed by atoms with Crippen LogP contribution in [-0.4, -0.2) is 26.2 Å². The number of benzene rings is 2. The van der Waals surface area contributed by atoms with E-state index in [0.29, 0.717) is 21.5 Å². The molecule has 2 N–H and O–H groups in total. The van der Waals surface area contributed by atoms with Crippen LogP contribution in [0.3, 0.4) is 0 Å². The smallest absolute Gasteiger partial charge is 0.242 e. The van der Waals surface area contributed by atoms with E-state index in [1.54, 1.807) is 33.3 Å². The fourth-order valence-corrected chi connectivity index (χ4v) is 3.28. The first-order valence-electron chi connectivity index (χ1n) is 8.51. The van der Waals surface area contributed by atoms with Gasteiger partial charge in [0.15, 0.2) is 11.5 Å². The Balaban J connectivity index is 2.09. The van der Waals surface area contributed by atoms with E-state index in [1.807, 2.05) is 32.0 Å². The summed E-state index contributed by atoms with van der Waals surface area (Å²) >= 11 is 12.2. The molecule has 1 amide bonds. The maximum absolute atomic E-state index is 12.6. The molecule has 0 aromatic heterocycles. The van der Waals surface area contributed by atoms with Crippen molar-refractivity contribution in [3.63, 3.8) is 0 Å². The first-order valence-corrected chi connectivity index (χ1v) is 9.26. The predicted molar refractivity (Wildman–Crippen MR) is 110 cm³/mol. The molecule has 2 aromatic carbocycles. The molecule has 0 aliphatic rings. The number of carbonyl (C=O) groups is 1. The fourth-order valence-electron chi connectivity index (χ4n) is 2.70. The second-order valence-electron chi connectivity index (χ2n) is 6.28. The Labute approximate surface area is 170 Å². The number of carbonyl (C=O) groups excluding carboxylic acids is 1. The van der Waals surface area contributed by atoms with Gasteiger partial charge in [0.05, 0.1) is 20.3 Å². The zero-order valence-electron chi connectivity index (χ0n) is 16.0. The van der Waals surface area contributed by atoms with Crippen LogP contribution < -0.4 is 20.1 Å². The number of hydrogen-bond acceptors (Lipinski definition) is 4. The highest BCUT2D eigenvalue weighted by atomic mass is 35.5. The summed E-state index contributed by atoms with van der Waals surface area (Å²) < 4.78 is 10.6. The number of hydrogen-bond donors (Lipinski definition) is 2. The lowest BCUT2D eigenvalue weighted by molar-refractivity contribution is -0.122. The lowest BCUT2D eigenvalue weighted by Crippen LogP contribution is -2.39. The van der Waals surface area contributed by atoms with Crippen molar-refractivity contribution in [2.75, 3.05) is 19.5 Å². The van der Waals surface area contributed by atoms with Crippen molar-refractivity contribution in [1.29, 1.82) is 0 Å². The Morgan fingerprint density at radius 2 is 1.67 bits per heavy atom. The fraction of sp³-hybridized carbons (Fsp3) is 0.350. The summed E-state index contributed by atoms with van der Waals surface area (Å²) in [5.41, 5.74) is 2.55. The summed E-state index contributed by atoms with van der Waals surface area (Å²) in [4.78, 5) is 12.6. The molecular formula is C20H24Cl2N2O3. The van der Waals surface area contributed by atoms with Crippen molar-refractivity contribution >= 4 is 34.8 Å². The lowest BCUT2D eigenvalue weighted by atomic mass is 10.1. The van der Waals surface area contributed by atoms with E-state index in [4.69, 9.17) is 32.7 Å². The SMILES string of the molecule is COc1cc(C)c(N[C@H](C)C(=O)N[C@H](C)c2ccc(Cl)cc2Cl)cc1OC. The van der Waals surface area contributed by atoms with Crippen LogP contribution in [0.2, 0.25) is 10.0 Å². The molecule has 0 aliphatic carbocycles. The first kappa shape index (κ1) is 21.2. The average molecular weight is 411 g/mol. The third kappa shape index (κ3) is 5.21. The molecule has 0 spiro atoms. The van der Waals surface area contributed by atoms with E-state index in [-0.39, 0.29) is 11.9 Å². The Hall–Kier alpha value is -2.11. The van der Waals surface area contributed by atoms with Crippen LogP contribution in [0.15, 0.2) is 30.3 Å². The molecule has 0 radical (unpaired) electrons. The van der Waals surface area contributed by atoms with Crippen LogP contribution in [0.5, 0.6) is 11.5 Å². The molecule has 0 fully saturated rings. The Morgan fingerprint density at radius 1 is 1.04 bits per heavy atom. The Morgan fingerprint density at radius 3 is 2.26 bits per heavy atom. The van der Waals surface area contributed by atoms with Gasteiger partial charge in [0, 0.05) is 21.8 Å². The van der Waals surface area contributed by atoms with Crippen LogP contribution >= 0.6 is 23.2 Å². The van der Waals surface area contributed by atoms with Crippen LogP contribution in [0.1, 0.15) is 31.0 Å². The second kappa shape index (κ2) is 9.20.